The van der Waals surface area contributed by atoms with E-state index in [9.17, 15) is 5.11 Å². The van der Waals surface area contributed by atoms with Crippen molar-refractivity contribution < 1.29 is 28.8 Å². The van der Waals surface area contributed by atoms with Gasteiger partial charge in [-0.15, -0.1) is 0 Å². The number of ether oxygens (including phenoxy) is 5. The second-order valence-electron chi connectivity index (χ2n) is 6.86. The molecule has 2 aromatic rings. The summed E-state index contributed by atoms with van der Waals surface area (Å²) in [4.78, 5) is 0. The van der Waals surface area contributed by atoms with Crippen LogP contribution in [-0.2, 0) is 11.2 Å². The molecule has 6 heteroatoms. The van der Waals surface area contributed by atoms with Gasteiger partial charge in [-0.3, -0.25) is 0 Å². The molecule has 0 spiro atoms. The molecule has 0 unspecified atom stereocenters. The van der Waals surface area contributed by atoms with Gasteiger partial charge in [0.25, 0.3) is 0 Å². The first-order valence-electron chi connectivity index (χ1n) is 8.82. The fourth-order valence-corrected chi connectivity index (χ4v) is 3.98. The van der Waals surface area contributed by atoms with Crippen LogP contribution in [0.2, 0.25) is 0 Å². The minimum absolute atomic E-state index is 0.0285. The first-order chi connectivity index (χ1) is 12.8. The number of benzene rings is 2. The highest BCUT2D eigenvalue weighted by molar-refractivity contribution is 5.46. The van der Waals surface area contributed by atoms with Crippen molar-refractivity contribution in [1.82, 2.24) is 0 Å². The molecule has 5 rings (SSSR count). The van der Waals surface area contributed by atoms with Crippen LogP contribution >= 0.6 is 0 Å². The van der Waals surface area contributed by atoms with Crippen LogP contribution in [0.15, 0.2) is 36.4 Å². The van der Waals surface area contributed by atoms with E-state index in [4.69, 9.17) is 23.7 Å². The Bertz CT molecular complexity index is 820. The fraction of sp³-hybridized carbons (Fsp3) is 0.400. The van der Waals surface area contributed by atoms with Crippen molar-refractivity contribution in [3.63, 3.8) is 0 Å². The van der Waals surface area contributed by atoms with Crippen molar-refractivity contribution in [2.45, 2.75) is 12.5 Å². The Kier molecular flexibility index (Phi) is 3.87. The summed E-state index contributed by atoms with van der Waals surface area (Å²) < 4.78 is 27.7. The van der Waals surface area contributed by atoms with Crippen molar-refractivity contribution in [3.8, 4) is 23.0 Å². The van der Waals surface area contributed by atoms with Gasteiger partial charge in [-0.25, -0.2) is 0 Å². The molecule has 3 heterocycles. The third-order valence-corrected chi connectivity index (χ3v) is 5.36. The molecular weight excluding hydrogens is 336 g/mol. The molecule has 3 aliphatic rings. The normalized spacial score (nSPS) is 25.7. The van der Waals surface area contributed by atoms with E-state index in [2.05, 4.69) is 6.07 Å². The SMILES string of the molecule is OC[C@H]1[C@H](Cc2ccc3c(c2)OCO3)CO[C@H]1c1ccc2c(c1)OCO2. The first kappa shape index (κ1) is 15.8. The van der Waals surface area contributed by atoms with Crippen LogP contribution in [-0.4, -0.2) is 31.9 Å². The molecule has 0 saturated carbocycles. The molecule has 1 fully saturated rings. The van der Waals surface area contributed by atoms with Gasteiger partial charge in [0, 0.05) is 12.5 Å². The molecule has 136 valence electrons. The maximum absolute atomic E-state index is 10.0. The number of aliphatic hydroxyl groups excluding tert-OH is 1. The molecule has 3 atom stereocenters. The number of hydrogen-bond donors (Lipinski definition) is 1. The summed E-state index contributed by atoms with van der Waals surface area (Å²) in [7, 11) is 0. The van der Waals surface area contributed by atoms with Crippen LogP contribution in [0.3, 0.4) is 0 Å². The smallest absolute Gasteiger partial charge is 0.231 e. The van der Waals surface area contributed by atoms with Crippen LogP contribution in [0.4, 0.5) is 0 Å². The third-order valence-electron chi connectivity index (χ3n) is 5.36. The van der Waals surface area contributed by atoms with E-state index >= 15 is 0 Å². The largest absolute Gasteiger partial charge is 0.454 e. The van der Waals surface area contributed by atoms with Crippen LogP contribution < -0.4 is 18.9 Å². The third kappa shape index (κ3) is 2.66. The molecule has 3 aliphatic heterocycles. The fourth-order valence-electron chi connectivity index (χ4n) is 3.98. The number of fused-ring (bicyclic) bond motifs is 2. The van der Waals surface area contributed by atoms with Crippen molar-refractivity contribution in [3.05, 3.63) is 47.5 Å². The van der Waals surface area contributed by atoms with Crippen molar-refractivity contribution >= 4 is 0 Å². The van der Waals surface area contributed by atoms with E-state index in [-0.39, 0.29) is 38.1 Å². The molecule has 6 nitrogen and oxygen atoms in total. The molecule has 0 bridgehead atoms. The van der Waals surface area contributed by atoms with E-state index in [0.29, 0.717) is 6.61 Å². The highest BCUT2D eigenvalue weighted by Gasteiger charge is 2.38. The summed E-state index contributed by atoms with van der Waals surface area (Å²) in [6.07, 6.45) is 0.677. The Labute approximate surface area is 151 Å². The van der Waals surface area contributed by atoms with E-state index in [1.165, 1.54) is 0 Å². The number of hydrogen-bond acceptors (Lipinski definition) is 6. The summed E-state index contributed by atoms with van der Waals surface area (Å²) >= 11 is 0. The van der Waals surface area contributed by atoms with Gasteiger partial charge in [0.2, 0.25) is 13.6 Å². The van der Waals surface area contributed by atoms with Crippen molar-refractivity contribution in [2.75, 3.05) is 26.8 Å². The van der Waals surface area contributed by atoms with Gasteiger partial charge < -0.3 is 28.8 Å². The van der Waals surface area contributed by atoms with E-state index in [1.54, 1.807) is 0 Å². The minimum atomic E-state index is -0.145. The summed E-state index contributed by atoms with van der Waals surface area (Å²) in [5.74, 6) is 3.32. The van der Waals surface area contributed by atoms with E-state index < -0.39 is 0 Å². The Morgan fingerprint density at radius 1 is 0.846 bits per heavy atom. The molecule has 0 aromatic heterocycles. The van der Waals surface area contributed by atoms with Crippen LogP contribution in [0, 0.1) is 11.8 Å². The second-order valence-corrected chi connectivity index (χ2v) is 6.86. The summed E-state index contributed by atoms with van der Waals surface area (Å²) in [5, 5.41) is 10.0. The Morgan fingerprint density at radius 2 is 1.54 bits per heavy atom. The monoisotopic (exact) mass is 356 g/mol. The van der Waals surface area contributed by atoms with Gasteiger partial charge in [0.1, 0.15) is 0 Å². The molecule has 1 saturated heterocycles. The van der Waals surface area contributed by atoms with Crippen LogP contribution in [0.5, 0.6) is 23.0 Å². The van der Waals surface area contributed by atoms with Gasteiger partial charge in [-0.05, 0) is 47.7 Å². The van der Waals surface area contributed by atoms with Gasteiger partial charge in [0.15, 0.2) is 23.0 Å². The molecule has 1 N–H and O–H groups in total. The zero-order valence-electron chi connectivity index (χ0n) is 14.2. The lowest BCUT2D eigenvalue weighted by Crippen LogP contribution is -2.21. The molecule has 0 aliphatic carbocycles. The Morgan fingerprint density at radius 3 is 2.31 bits per heavy atom. The van der Waals surface area contributed by atoms with Crippen LogP contribution in [0.25, 0.3) is 0 Å². The summed E-state index contributed by atoms with van der Waals surface area (Å²) in [5.41, 5.74) is 2.18. The average molecular weight is 356 g/mol. The standard InChI is InChI=1S/C20H20O6/c21-8-15-14(5-12-1-3-16-18(6-12)25-10-23-16)9-22-20(15)13-2-4-17-19(7-13)26-11-24-17/h1-4,6-7,14-15,20-21H,5,8-11H2/t14-,15+,20+/m1/s1. The maximum atomic E-state index is 10.0. The lowest BCUT2D eigenvalue weighted by molar-refractivity contribution is 0.0717. The molecule has 0 amide bonds. The first-order valence-corrected chi connectivity index (χ1v) is 8.82. The number of aliphatic hydroxyl groups is 1. The van der Waals surface area contributed by atoms with Crippen molar-refractivity contribution in [1.29, 1.82) is 0 Å². The lowest BCUT2D eigenvalue weighted by atomic mass is 9.84. The van der Waals surface area contributed by atoms with Gasteiger partial charge >= 0.3 is 0 Å². The summed E-state index contributed by atoms with van der Waals surface area (Å²) in [6, 6.07) is 11.9. The molecular formula is C20H20O6. The highest BCUT2D eigenvalue weighted by Crippen LogP contribution is 2.43. The quantitative estimate of drug-likeness (QED) is 0.909. The van der Waals surface area contributed by atoms with Gasteiger partial charge in [-0.2, -0.15) is 0 Å². The zero-order valence-corrected chi connectivity index (χ0v) is 14.2. The maximum Gasteiger partial charge on any atom is 0.231 e. The number of rotatable bonds is 4. The minimum Gasteiger partial charge on any atom is -0.454 e. The highest BCUT2D eigenvalue weighted by atomic mass is 16.7. The predicted molar refractivity (Wildman–Crippen MR) is 91.6 cm³/mol. The molecule has 2 aromatic carbocycles. The Hall–Kier alpha value is -2.44. The second kappa shape index (κ2) is 6.37. The topological polar surface area (TPSA) is 66.4 Å². The van der Waals surface area contributed by atoms with Crippen LogP contribution in [0.1, 0.15) is 17.2 Å². The Balaban J connectivity index is 1.35. The predicted octanol–water partition coefficient (Wildman–Crippen LogP) is 2.68. The van der Waals surface area contributed by atoms with Gasteiger partial charge in [-0.1, -0.05) is 12.1 Å². The van der Waals surface area contributed by atoms with Gasteiger partial charge in [0.05, 0.1) is 12.7 Å². The average Bonchev–Trinajstić information content (AvgIpc) is 3.39. The summed E-state index contributed by atoms with van der Waals surface area (Å²) in [6.45, 7) is 1.21. The van der Waals surface area contributed by atoms with Crippen molar-refractivity contribution in [2.24, 2.45) is 11.8 Å². The van der Waals surface area contributed by atoms with E-state index in [0.717, 1.165) is 40.5 Å². The molecule has 26 heavy (non-hydrogen) atoms. The lowest BCUT2D eigenvalue weighted by Gasteiger charge is -2.21. The zero-order chi connectivity index (χ0) is 17.5. The van der Waals surface area contributed by atoms with E-state index in [1.807, 2.05) is 30.3 Å². The molecule has 0 radical (unpaired) electrons.